The smallest absolute Gasteiger partial charge is 0.305 e. The van der Waals surface area contributed by atoms with Gasteiger partial charge in [0.2, 0.25) is 0 Å². The second kappa shape index (κ2) is 9.27. The molecule has 32 heavy (non-hydrogen) atoms. The van der Waals surface area contributed by atoms with Crippen molar-refractivity contribution >= 4 is 33.7 Å². The molecule has 1 aromatic heterocycles. The molecule has 8 heteroatoms. The molecule has 0 aliphatic heterocycles. The van der Waals surface area contributed by atoms with Crippen LogP contribution in [-0.2, 0) is 31.5 Å². The summed E-state index contributed by atoms with van der Waals surface area (Å²) in [5.74, 6) is -0.770. The van der Waals surface area contributed by atoms with E-state index in [0.717, 1.165) is 5.52 Å². The Morgan fingerprint density at radius 1 is 1.06 bits per heavy atom. The lowest BCUT2D eigenvalue weighted by Gasteiger charge is -2.28. The first kappa shape index (κ1) is 23.1. The quantitative estimate of drug-likeness (QED) is 0.489. The summed E-state index contributed by atoms with van der Waals surface area (Å²) in [7, 11) is 5.94. The van der Waals surface area contributed by atoms with Crippen LogP contribution in [-0.4, -0.2) is 37.8 Å². The summed E-state index contributed by atoms with van der Waals surface area (Å²) < 4.78 is 31.2. The van der Waals surface area contributed by atoms with Crippen molar-refractivity contribution in [2.75, 3.05) is 21.3 Å². The van der Waals surface area contributed by atoms with Crippen molar-refractivity contribution in [2.24, 2.45) is 7.05 Å². The van der Waals surface area contributed by atoms with Gasteiger partial charge < -0.3 is 18.8 Å². The van der Waals surface area contributed by atoms with Gasteiger partial charge in [0, 0.05) is 36.2 Å². The van der Waals surface area contributed by atoms with Crippen molar-refractivity contribution in [3.63, 3.8) is 0 Å². The van der Waals surface area contributed by atoms with Crippen LogP contribution in [0, 0.1) is 17.1 Å². The molecule has 0 aliphatic carbocycles. The third kappa shape index (κ3) is 3.98. The molecule has 3 rings (SSSR count). The van der Waals surface area contributed by atoms with Crippen LogP contribution >= 0.6 is 0 Å². The molecule has 0 unspecified atom stereocenters. The number of aryl methyl sites for hydroxylation is 1. The highest BCUT2D eigenvalue weighted by molar-refractivity contribution is 6.12. The van der Waals surface area contributed by atoms with Gasteiger partial charge in [0.1, 0.15) is 11.6 Å². The van der Waals surface area contributed by atoms with Crippen LogP contribution in [0.15, 0.2) is 30.3 Å². The van der Waals surface area contributed by atoms with Gasteiger partial charge >= 0.3 is 11.9 Å². The van der Waals surface area contributed by atoms with Crippen molar-refractivity contribution in [2.45, 2.75) is 31.1 Å². The molecule has 0 amide bonds. The normalized spacial score (nSPS) is 11.4. The van der Waals surface area contributed by atoms with Crippen molar-refractivity contribution < 1.29 is 28.2 Å². The molecule has 0 bridgehead atoms. The lowest BCUT2D eigenvalue weighted by molar-refractivity contribution is -0.141. The molecule has 0 N–H and O–H groups in total. The van der Waals surface area contributed by atoms with Crippen LogP contribution in [0.5, 0.6) is 5.75 Å². The van der Waals surface area contributed by atoms with Crippen molar-refractivity contribution in [3.8, 4) is 11.8 Å². The summed E-state index contributed by atoms with van der Waals surface area (Å²) in [5.41, 5.74) is 0.842. The topological polar surface area (TPSA) is 90.6 Å². The van der Waals surface area contributed by atoms with Gasteiger partial charge in [0.05, 0.1) is 38.3 Å². The molecule has 7 nitrogen and oxygen atoms in total. The lowest BCUT2D eigenvalue weighted by atomic mass is 9.73. The number of methoxy groups -OCH3 is 3. The van der Waals surface area contributed by atoms with Crippen molar-refractivity contribution in [1.82, 2.24) is 4.57 Å². The van der Waals surface area contributed by atoms with Crippen LogP contribution in [0.2, 0.25) is 0 Å². The Morgan fingerprint density at radius 3 is 2.22 bits per heavy atom. The first-order valence-electron chi connectivity index (χ1n) is 10.1. The highest BCUT2D eigenvalue weighted by Gasteiger charge is 2.37. The molecule has 168 valence electrons. The molecule has 0 saturated heterocycles. The van der Waals surface area contributed by atoms with E-state index in [9.17, 15) is 19.2 Å². The number of rotatable bonds is 8. The number of ether oxygens (including phenoxy) is 3. The van der Waals surface area contributed by atoms with Gasteiger partial charge in [-0.1, -0.05) is 6.07 Å². The fourth-order valence-electron chi connectivity index (χ4n) is 4.26. The average molecular weight is 440 g/mol. The standard InChI is InChI=1S/C24H25FN2O5/c1-27-18-7-5-15(25)13-16(18)22-17(6-8-19(30-2)23(22)27)24(14-26,11-9-20(28)31-3)12-10-21(29)32-4/h5-8,13H,9-12H2,1-4H3. The highest BCUT2D eigenvalue weighted by Crippen LogP contribution is 2.44. The number of benzene rings is 2. The summed E-state index contributed by atoms with van der Waals surface area (Å²) in [6.45, 7) is 0. The van der Waals surface area contributed by atoms with E-state index in [4.69, 9.17) is 14.2 Å². The van der Waals surface area contributed by atoms with E-state index in [1.807, 2.05) is 11.6 Å². The molecule has 0 saturated carbocycles. The monoisotopic (exact) mass is 440 g/mol. The van der Waals surface area contributed by atoms with Gasteiger partial charge in [-0.15, -0.1) is 0 Å². The Hall–Kier alpha value is -3.60. The van der Waals surface area contributed by atoms with Crippen LogP contribution in [0.3, 0.4) is 0 Å². The summed E-state index contributed by atoms with van der Waals surface area (Å²) in [6, 6.07) is 10.3. The maximum Gasteiger partial charge on any atom is 0.305 e. The summed E-state index contributed by atoms with van der Waals surface area (Å²) >= 11 is 0. The third-order valence-electron chi connectivity index (χ3n) is 5.98. The molecule has 0 radical (unpaired) electrons. The van der Waals surface area contributed by atoms with Crippen LogP contribution in [0.1, 0.15) is 31.2 Å². The Balaban J connectivity index is 2.34. The molecule has 2 aromatic carbocycles. The van der Waals surface area contributed by atoms with Gasteiger partial charge in [-0.25, -0.2) is 4.39 Å². The minimum Gasteiger partial charge on any atom is -0.495 e. The number of halogens is 1. The van der Waals surface area contributed by atoms with Gasteiger partial charge in [0.15, 0.2) is 0 Å². The summed E-state index contributed by atoms with van der Waals surface area (Å²) in [6.07, 6.45) is 0.219. The fourth-order valence-corrected chi connectivity index (χ4v) is 4.26. The van der Waals surface area contributed by atoms with E-state index in [1.165, 1.54) is 26.4 Å². The van der Waals surface area contributed by atoms with E-state index < -0.39 is 23.2 Å². The minimum absolute atomic E-state index is 0.0160. The first-order chi connectivity index (χ1) is 15.3. The second-order valence-electron chi connectivity index (χ2n) is 7.61. The van der Waals surface area contributed by atoms with E-state index >= 15 is 0 Å². The van der Waals surface area contributed by atoms with Gasteiger partial charge in [-0.2, -0.15) is 5.26 Å². The molecule has 0 fully saturated rings. The number of hydrogen-bond donors (Lipinski definition) is 0. The predicted octanol–water partition coefficient (Wildman–Crippen LogP) is 4.15. The molecule has 0 atom stereocenters. The van der Waals surface area contributed by atoms with Gasteiger partial charge in [0.25, 0.3) is 0 Å². The van der Waals surface area contributed by atoms with E-state index in [2.05, 4.69) is 6.07 Å². The zero-order valence-corrected chi connectivity index (χ0v) is 18.5. The van der Waals surface area contributed by atoms with Gasteiger partial charge in [-0.3, -0.25) is 9.59 Å². The largest absolute Gasteiger partial charge is 0.495 e. The summed E-state index contributed by atoms with van der Waals surface area (Å²) in [4.78, 5) is 23.9. The maximum atomic E-state index is 14.2. The number of nitriles is 1. The number of hydrogen-bond acceptors (Lipinski definition) is 6. The van der Waals surface area contributed by atoms with E-state index in [1.54, 1.807) is 25.3 Å². The maximum absolute atomic E-state index is 14.2. The first-order valence-corrected chi connectivity index (χ1v) is 10.1. The SMILES string of the molecule is COC(=O)CCC(C#N)(CCC(=O)OC)c1ccc(OC)c2c1c1cc(F)ccc1n2C. The Bertz CT molecular complexity index is 1200. The molecule has 3 aromatic rings. The number of fused-ring (bicyclic) bond motifs is 3. The number of aromatic nitrogens is 1. The predicted molar refractivity (Wildman–Crippen MR) is 117 cm³/mol. The van der Waals surface area contributed by atoms with Crippen LogP contribution in [0.4, 0.5) is 4.39 Å². The van der Waals surface area contributed by atoms with Crippen LogP contribution in [0.25, 0.3) is 21.8 Å². The number of esters is 2. The molecule has 0 spiro atoms. The molecule has 0 aliphatic rings. The zero-order valence-electron chi connectivity index (χ0n) is 18.5. The Morgan fingerprint density at radius 2 is 1.69 bits per heavy atom. The van der Waals surface area contributed by atoms with Crippen LogP contribution < -0.4 is 4.74 Å². The van der Waals surface area contributed by atoms with E-state index in [-0.39, 0.29) is 25.7 Å². The fraction of sp³-hybridized carbons (Fsp3) is 0.375. The lowest BCUT2D eigenvalue weighted by Crippen LogP contribution is -2.27. The molecule has 1 heterocycles. The number of nitrogens with zero attached hydrogens (tertiary/aromatic N) is 2. The number of carbonyl (C=O) groups excluding carboxylic acids is 2. The zero-order chi connectivity index (χ0) is 23.5. The van der Waals surface area contributed by atoms with Crippen molar-refractivity contribution in [3.05, 3.63) is 41.7 Å². The molecular formula is C24H25FN2O5. The Labute approximate surface area is 185 Å². The number of carbonyl (C=O) groups is 2. The highest BCUT2D eigenvalue weighted by atomic mass is 19.1. The van der Waals surface area contributed by atoms with Gasteiger partial charge in [-0.05, 0) is 42.7 Å². The van der Waals surface area contributed by atoms with Crippen molar-refractivity contribution in [1.29, 1.82) is 5.26 Å². The summed E-state index contributed by atoms with van der Waals surface area (Å²) in [5, 5.41) is 11.6. The Kier molecular flexibility index (Phi) is 6.68. The second-order valence-corrected chi connectivity index (χ2v) is 7.61. The molecular weight excluding hydrogens is 415 g/mol. The third-order valence-corrected chi connectivity index (χ3v) is 5.98. The van der Waals surface area contributed by atoms with E-state index in [0.29, 0.717) is 27.6 Å². The average Bonchev–Trinajstić information content (AvgIpc) is 3.10. The minimum atomic E-state index is -1.21.